The fourth-order valence-corrected chi connectivity index (χ4v) is 3.64. The van der Waals surface area contributed by atoms with Gasteiger partial charge in [-0.1, -0.05) is 42.8 Å². The molecule has 35 heavy (non-hydrogen) atoms. The Morgan fingerprint density at radius 1 is 0.914 bits per heavy atom. The summed E-state index contributed by atoms with van der Waals surface area (Å²) >= 11 is 5.99. The Balaban J connectivity index is 1.48. The first-order valence-electron chi connectivity index (χ1n) is 11.1. The molecule has 1 fully saturated rings. The van der Waals surface area contributed by atoms with E-state index in [2.05, 4.69) is 5.32 Å². The number of benzene rings is 3. The summed E-state index contributed by atoms with van der Waals surface area (Å²) in [7, 11) is 0. The van der Waals surface area contributed by atoms with Gasteiger partial charge in [0.05, 0.1) is 12.3 Å². The molecule has 0 spiro atoms. The highest BCUT2D eigenvalue weighted by Crippen LogP contribution is 2.25. The Labute approximate surface area is 207 Å². The lowest BCUT2D eigenvalue weighted by Gasteiger charge is -2.26. The number of nitrogens with zero attached hydrogens (tertiary/aromatic N) is 1. The van der Waals surface area contributed by atoms with E-state index >= 15 is 0 Å². The number of barbiturate groups is 1. The van der Waals surface area contributed by atoms with Crippen molar-refractivity contribution in [1.82, 2.24) is 5.32 Å². The Morgan fingerprint density at radius 2 is 1.60 bits per heavy atom. The summed E-state index contributed by atoms with van der Waals surface area (Å²) in [5.41, 5.74) is 1.72. The molecule has 1 N–H and O–H groups in total. The molecule has 0 unspecified atom stereocenters. The van der Waals surface area contributed by atoms with E-state index in [0.29, 0.717) is 41.0 Å². The van der Waals surface area contributed by atoms with E-state index in [4.69, 9.17) is 21.1 Å². The highest BCUT2D eigenvalue weighted by molar-refractivity contribution is 6.39. The van der Waals surface area contributed by atoms with Crippen LogP contribution in [0.2, 0.25) is 5.02 Å². The quantitative estimate of drug-likeness (QED) is 0.339. The molecule has 3 aromatic carbocycles. The van der Waals surface area contributed by atoms with Crippen LogP contribution >= 0.6 is 11.6 Å². The minimum atomic E-state index is -0.802. The van der Waals surface area contributed by atoms with Crippen molar-refractivity contribution in [2.75, 3.05) is 11.5 Å². The second-order valence-electron chi connectivity index (χ2n) is 7.79. The van der Waals surface area contributed by atoms with Gasteiger partial charge in [-0.3, -0.25) is 14.9 Å². The van der Waals surface area contributed by atoms with Crippen molar-refractivity contribution in [3.8, 4) is 11.5 Å². The normalized spacial score (nSPS) is 14.7. The van der Waals surface area contributed by atoms with Crippen LogP contribution in [0.15, 0.2) is 78.4 Å². The van der Waals surface area contributed by atoms with Gasteiger partial charge in [0, 0.05) is 5.02 Å². The fraction of sp³-hybridized carbons (Fsp3) is 0.148. The number of imide groups is 2. The third kappa shape index (κ3) is 5.88. The van der Waals surface area contributed by atoms with Crippen LogP contribution in [-0.2, 0) is 16.2 Å². The van der Waals surface area contributed by atoms with Crippen molar-refractivity contribution < 1.29 is 23.9 Å². The van der Waals surface area contributed by atoms with Crippen LogP contribution in [0, 0.1) is 0 Å². The Bertz CT molecular complexity index is 1270. The lowest BCUT2D eigenvalue weighted by molar-refractivity contribution is -0.122. The molecule has 0 saturated carbocycles. The molecule has 0 bridgehead atoms. The average Bonchev–Trinajstić information content (AvgIpc) is 2.85. The number of carbonyl (C=O) groups is 3. The van der Waals surface area contributed by atoms with E-state index in [-0.39, 0.29) is 5.57 Å². The molecule has 3 aromatic rings. The van der Waals surface area contributed by atoms with Gasteiger partial charge >= 0.3 is 6.03 Å². The van der Waals surface area contributed by atoms with Crippen LogP contribution < -0.4 is 19.7 Å². The maximum Gasteiger partial charge on any atom is 0.335 e. The zero-order chi connectivity index (χ0) is 24.8. The molecular formula is C27H23ClN2O5. The van der Waals surface area contributed by atoms with Gasteiger partial charge < -0.3 is 9.47 Å². The Hall–Kier alpha value is -4.10. The van der Waals surface area contributed by atoms with Gasteiger partial charge in [0.2, 0.25) is 0 Å². The van der Waals surface area contributed by atoms with Crippen LogP contribution in [0.25, 0.3) is 6.08 Å². The molecule has 1 aliphatic rings. The van der Waals surface area contributed by atoms with E-state index in [1.165, 1.54) is 6.08 Å². The summed E-state index contributed by atoms with van der Waals surface area (Å²) in [6, 6.07) is 20.0. The van der Waals surface area contributed by atoms with Crippen LogP contribution in [0.5, 0.6) is 11.5 Å². The van der Waals surface area contributed by atoms with E-state index < -0.39 is 17.8 Å². The topological polar surface area (TPSA) is 84.9 Å². The Morgan fingerprint density at radius 3 is 2.29 bits per heavy atom. The van der Waals surface area contributed by atoms with Gasteiger partial charge in [-0.15, -0.1) is 0 Å². The molecule has 178 valence electrons. The molecule has 4 rings (SSSR count). The lowest BCUT2D eigenvalue weighted by Crippen LogP contribution is -2.54. The molecule has 0 aliphatic carbocycles. The first-order chi connectivity index (χ1) is 16.9. The van der Waals surface area contributed by atoms with E-state index in [9.17, 15) is 14.4 Å². The summed E-state index contributed by atoms with van der Waals surface area (Å²) in [4.78, 5) is 38.8. The van der Waals surface area contributed by atoms with E-state index in [1.54, 1.807) is 54.6 Å². The number of urea groups is 1. The predicted octanol–water partition coefficient (Wildman–Crippen LogP) is 5.37. The van der Waals surface area contributed by atoms with Gasteiger partial charge in [-0.2, -0.15) is 0 Å². The average molecular weight is 491 g/mol. The van der Waals surface area contributed by atoms with Crippen molar-refractivity contribution in [2.45, 2.75) is 20.0 Å². The highest BCUT2D eigenvalue weighted by atomic mass is 35.5. The largest absolute Gasteiger partial charge is 0.494 e. The molecule has 1 saturated heterocycles. The van der Waals surface area contributed by atoms with Gasteiger partial charge in [0.25, 0.3) is 11.8 Å². The summed E-state index contributed by atoms with van der Waals surface area (Å²) < 4.78 is 11.3. The number of nitrogens with one attached hydrogen (secondary N) is 1. The van der Waals surface area contributed by atoms with Crippen molar-refractivity contribution >= 4 is 41.2 Å². The first-order valence-corrected chi connectivity index (χ1v) is 11.4. The molecule has 1 heterocycles. The minimum Gasteiger partial charge on any atom is -0.494 e. The molecule has 7 nitrogen and oxygen atoms in total. The summed E-state index contributed by atoms with van der Waals surface area (Å²) in [6.45, 7) is 2.91. The van der Waals surface area contributed by atoms with Gasteiger partial charge in [0.1, 0.15) is 23.7 Å². The molecule has 1 aliphatic heterocycles. The molecule has 8 heteroatoms. The third-order valence-electron chi connectivity index (χ3n) is 5.16. The van der Waals surface area contributed by atoms with Crippen molar-refractivity contribution in [1.29, 1.82) is 0 Å². The zero-order valence-corrected chi connectivity index (χ0v) is 19.7. The number of ether oxygens (including phenoxy) is 2. The lowest BCUT2D eigenvalue weighted by atomic mass is 10.1. The SMILES string of the molecule is CCCOc1ccc(N2C(=O)NC(=O)/C(=C/c3ccc(OCc4cccc(Cl)c4)cc3)C2=O)cc1. The third-order valence-corrected chi connectivity index (χ3v) is 5.39. The monoisotopic (exact) mass is 490 g/mol. The number of carbonyl (C=O) groups excluding carboxylic acids is 3. The maximum atomic E-state index is 13.1. The Kier molecular flexibility index (Phi) is 7.48. The number of halogens is 1. The van der Waals surface area contributed by atoms with Crippen LogP contribution in [-0.4, -0.2) is 24.5 Å². The summed E-state index contributed by atoms with van der Waals surface area (Å²) in [5, 5.41) is 2.86. The molecule has 0 atom stereocenters. The summed E-state index contributed by atoms with van der Waals surface area (Å²) in [6.07, 6.45) is 2.30. The highest BCUT2D eigenvalue weighted by Gasteiger charge is 2.36. The number of anilines is 1. The molecule has 4 amide bonds. The van der Waals surface area contributed by atoms with Crippen LogP contribution in [0.4, 0.5) is 10.5 Å². The molecule has 0 aromatic heterocycles. The fourth-order valence-electron chi connectivity index (χ4n) is 3.42. The molecule has 0 radical (unpaired) electrons. The van der Waals surface area contributed by atoms with Gasteiger partial charge in [0.15, 0.2) is 0 Å². The number of rotatable bonds is 8. The molecular weight excluding hydrogens is 468 g/mol. The van der Waals surface area contributed by atoms with Crippen molar-refractivity contribution in [3.63, 3.8) is 0 Å². The zero-order valence-electron chi connectivity index (χ0n) is 19.0. The van der Waals surface area contributed by atoms with E-state index in [1.807, 2.05) is 25.1 Å². The van der Waals surface area contributed by atoms with E-state index in [0.717, 1.165) is 16.9 Å². The standard InChI is InChI=1S/C27H23ClN2O5/c1-2-14-34-22-12-8-21(9-13-22)30-26(32)24(25(31)29-27(30)33)16-18-6-10-23(11-7-18)35-17-19-4-3-5-20(28)15-19/h3-13,15-16H,2,14,17H2,1H3,(H,29,31,33)/b24-16-. The van der Waals surface area contributed by atoms with Crippen LogP contribution in [0.3, 0.4) is 0 Å². The maximum absolute atomic E-state index is 13.1. The smallest absolute Gasteiger partial charge is 0.335 e. The first kappa shape index (κ1) is 24.0. The minimum absolute atomic E-state index is 0.150. The summed E-state index contributed by atoms with van der Waals surface area (Å²) in [5.74, 6) is -0.207. The van der Waals surface area contributed by atoms with Crippen LogP contribution in [0.1, 0.15) is 24.5 Å². The predicted molar refractivity (Wildman–Crippen MR) is 133 cm³/mol. The van der Waals surface area contributed by atoms with Crippen molar-refractivity contribution in [2.24, 2.45) is 0 Å². The second-order valence-corrected chi connectivity index (χ2v) is 8.22. The number of hydrogen-bond donors (Lipinski definition) is 1. The number of amides is 4. The number of hydrogen-bond acceptors (Lipinski definition) is 5. The second kappa shape index (κ2) is 10.9. The van der Waals surface area contributed by atoms with Gasteiger partial charge in [-0.05, 0) is 72.2 Å². The van der Waals surface area contributed by atoms with Crippen molar-refractivity contribution in [3.05, 3.63) is 94.5 Å². The van der Waals surface area contributed by atoms with Gasteiger partial charge in [-0.25, -0.2) is 9.69 Å².